The molecule has 0 aliphatic heterocycles. The molecule has 1 aromatic carbocycles. The maximum atomic E-state index is 5.61. The van der Waals surface area contributed by atoms with Gasteiger partial charge in [-0.25, -0.2) is 9.98 Å². The second kappa shape index (κ2) is 9.51. The second-order valence-corrected chi connectivity index (χ2v) is 5.27. The quantitative estimate of drug-likeness (QED) is 0.556. The van der Waals surface area contributed by atoms with Crippen LogP contribution in [0.25, 0.3) is 0 Å². The molecule has 8 nitrogen and oxygen atoms in total. The first kappa shape index (κ1) is 18.6. The van der Waals surface area contributed by atoms with E-state index in [1.807, 2.05) is 39.1 Å². The molecule has 0 saturated heterocycles. The predicted molar refractivity (Wildman–Crippen MR) is 96.8 cm³/mol. The van der Waals surface area contributed by atoms with Crippen molar-refractivity contribution in [1.82, 2.24) is 25.4 Å². The van der Waals surface area contributed by atoms with Gasteiger partial charge in [0.2, 0.25) is 0 Å². The van der Waals surface area contributed by atoms with E-state index in [9.17, 15) is 0 Å². The van der Waals surface area contributed by atoms with Crippen LogP contribution in [-0.2, 0) is 20.1 Å². The zero-order valence-electron chi connectivity index (χ0n) is 15.2. The van der Waals surface area contributed by atoms with Crippen molar-refractivity contribution in [2.45, 2.75) is 26.9 Å². The SMILES string of the molecule is CCNC(=NCc1ccc(OC)c(OCC)c1)NCc1ncnn1C. The number of nitrogens with zero attached hydrogens (tertiary/aromatic N) is 4. The lowest BCUT2D eigenvalue weighted by Gasteiger charge is -2.12. The molecule has 0 radical (unpaired) electrons. The molecule has 0 fully saturated rings. The fourth-order valence-corrected chi connectivity index (χ4v) is 2.24. The lowest BCUT2D eigenvalue weighted by atomic mass is 10.2. The number of aryl methyl sites for hydroxylation is 1. The molecule has 2 aromatic rings. The first-order chi connectivity index (χ1) is 12.2. The highest BCUT2D eigenvalue weighted by molar-refractivity contribution is 5.79. The van der Waals surface area contributed by atoms with E-state index in [1.165, 1.54) is 6.33 Å². The Morgan fingerprint density at radius 1 is 1.24 bits per heavy atom. The molecule has 2 N–H and O–H groups in total. The average molecular weight is 346 g/mol. The first-order valence-corrected chi connectivity index (χ1v) is 8.32. The van der Waals surface area contributed by atoms with Gasteiger partial charge in [-0.2, -0.15) is 5.10 Å². The van der Waals surface area contributed by atoms with E-state index in [4.69, 9.17) is 9.47 Å². The zero-order valence-corrected chi connectivity index (χ0v) is 15.2. The largest absolute Gasteiger partial charge is 0.493 e. The zero-order chi connectivity index (χ0) is 18.1. The van der Waals surface area contributed by atoms with E-state index in [2.05, 4.69) is 25.7 Å². The van der Waals surface area contributed by atoms with Gasteiger partial charge in [0, 0.05) is 13.6 Å². The average Bonchev–Trinajstić information content (AvgIpc) is 3.03. The van der Waals surface area contributed by atoms with Crippen molar-refractivity contribution in [2.24, 2.45) is 12.0 Å². The number of nitrogens with one attached hydrogen (secondary N) is 2. The number of benzene rings is 1. The van der Waals surface area contributed by atoms with Gasteiger partial charge in [-0.05, 0) is 31.5 Å². The third-order valence-electron chi connectivity index (χ3n) is 3.51. The van der Waals surface area contributed by atoms with E-state index >= 15 is 0 Å². The van der Waals surface area contributed by atoms with Gasteiger partial charge in [0.1, 0.15) is 12.2 Å². The summed E-state index contributed by atoms with van der Waals surface area (Å²) in [5.74, 6) is 3.02. The summed E-state index contributed by atoms with van der Waals surface area (Å²) >= 11 is 0. The predicted octanol–water partition coefficient (Wildman–Crippen LogP) is 1.48. The van der Waals surface area contributed by atoms with E-state index < -0.39 is 0 Å². The molecule has 0 saturated carbocycles. The smallest absolute Gasteiger partial charge is 0.191 e. The highest BCUT2D eigenvalue weighted by atomic mass is 16.5. The van der Waals surface area contributed by atoms with Crippen molar-refractivity contribution in [1.29, 1.82) is 0 Å². The third kappa shape index (κ3) is 5.37. The number of aliphatic imine (C=N–C) groups is 1. The van der Waals surface area contributed by atoms with E-state index in [1.54, 1.807) is 11.8 Å². The van der Waals surface area contributed by atoms with Gasteiger partial charge in [0.25, 0.3) is 0 Å². The Morgan fingerprint density at radius 3 is 2.72 bits per heavy atom. The summed E-state index contributed by atoms with van der Waals surface area (Å²) in [4.78, 5) is 8.80. The van der Waals surface area contributed by atoms with Gasteiger partial charge in [0.05, 0.1) is 26.8 Å². The Morgan fingerprint density at radius 2 is 2.08 bits per heavy atom. The van der Waals surface area contributed by atoms with Gasteiger partial charge in [-0.3, -0.25) is 4.68 Å². The Balaban J connectivity index is 2.04. The number of ether oxygens (including phenoxy) is 2. The molecule has 0 aliphatic rings. The Labute approximate surface area is 148 Å². The van der Waals surface area contributed by atoms with Crippen molar-refractivity contribution in [3.63, 3.8) is 0 Å². The Hall–Kier alpha value is -2.77. The molecular formula is C17H26N6O2. The van der Waals surface area contributed by atoms with Crippen molar-refractivity contribution < 1.29 is 9.47 Å². The highest BCUT2D eigenvalue weighted by Gasteiger charge is 2.06. The van der Waals surface area contributed by atoms with Crippen LogP contribution in [0.4, 0.5) is 0 Å². The minimum absolute atomic E-state index is 0.526. The molecule has 0 unspecified atom stereocenters. The molecule has 0 aliphatic carbocycles. The fourth-order valence-electron chi connectivity index (χ4n) is 2.24. The second-order valence-electron chi connectivity index (χ2n) is 5.27. The molecule has 25 heavy (non-hydrogen) atoms. The van der Waals surface area contributed by atoms with Crippen LogP contribution >= 0.6 is 0 Å². The van der Waals surface area contributed by atoms with Crippen LogP contribution in [-0.4, -0.2) is 41.0 Å². The lowest BCUT2D eigenvalue weighted by molar-refractivity contribution is 0.310. The maximum absolute atomic E-state index is 5.61. The summed E-state index contributed by atoms with van der Waals surface area (Å²) in [7, 11) is 3.50. The van der Waals surface area contributed by atoms with Gasteiger partial charge in [0.15, 0.2) is 17.5 Å². The van der Waals surface area contributed by atoms with Crippen LogP contribution in [0.3, 0.4) is 0 Å². The van der Waals surface area contributed by atoms with Crippen molar-refractivity contribution in [2.75, 3.05) is 20.3 Å². The summed E-state index contributed by atoms with van der Waals surface area (Å²) in [6.07, 6.45) is 1.54. The van der Waals surface area contributed by atoms with Gasteiger partial charge >= 0.3 is 0 Å². The molecule has 1 heterocycles. The number of methoxy groups -OCH3 is 1. The lowest BCUT2D eigenvalue weighted by Crippen LogP contribution is -2.37. The number of hydrogen-bond acceptors (Lipinski definition) is 5. The molecular weight excluding hydrogens is 320 g/mol. The molecule has 2 rings (SSSR count). The minimum atomic E-state index is 0.526. The molecule has 0 atom stereocenters. The van der Waals surface area contributed by atoms with Crippen LogP contribution < -0.4 is 20.1 Å². The molecule has 136 valence electrons. The summed E-state index contributed by atoms with van der Waals surface area (Å²) in [5.41, 5.74) is 1.04. The standard InChI is InChI=1S/C17H26N6O2/c1-5-18-17(20-11-16-21-12-22-23(16)3)19-10-13-7-8-14(24-4)15(9-13)25-6-2/h7-9,12H,5-6,10-11H2,1-4H3,(H2,18,19,20). The van der Waals surface area contributed by atoms with E-state index in [-0.39, 0.29) is 0 Å². The molecule has 0 spiro atoms. The summed E-state index contributed by atoms with van der Waals surface area (Å²) in [5, 5.41) is 10.5. The van der Waals surface area contributed by atoms with E-state index in [0.717, 1.165) is 35.4 Å². The minimum Gasteiger partial charge on any atom is -0.493 e. The summed E-state index contributed by atoms with van der Waals surface area (Å²) in [6.45, 7) is 6.42. The van der Waals surface area contributed by atoms with Gasteiger partial charge in [-0.1, -0.05) is 6.07 Å². The Bertz CT molecular complexity index is 698. The fraction of sp³-hybridized carbons (Fsp3) is 0.471. The van der Waals surface area contributed by atoms with Gasteiger partial charge < -0.3 is 20.1 Å². The molecule has 0 amide bonds. The number of hydrogen-bond donors (Lipinski definition) is 2. The number of rotatable bonds is 8. The first-order valence-electron chi connectivity index (χ1n) is 8.32. The molecule has 1 aromatic heterocycles. The highest BCUT2D eigenvalue weighted by Crippen LogP contribution is 2.28. The van der Waals surface area contributed by atoms with E-state index in [0.29, 0.717) is 19.7 Å². The monoisotopic (exact) mass is 346 g/mol. The molecule has 0 bridgehead atoms. The van der Waals surface area contributed by atoms with Crippen LogP contribution in [0.5, 0.6) is 11.5 Å². The Kier molecular flexibility index (Phi) is 7.06. The van der Waals surface area contributed by atoms with Crippen LogP contribution in [0, 0.1) is 0 Å². The van der Waals surface area contributed by atoms with Crippen molar-refractivity contribution in [3.8, 4) is 11.5 Å². The van der Waals surface area contributed by atoms with Crippen molar-refractivity contribution in [3.05, 3.63) is 35.9 Å². The van der Waals surface area contributed by atoms with Crippen molar-refractivity contribution >= 4 is 5.96 Å². The normalized spacial score (nSPS) is 11.3. The van der Waals surface area contributed by atoms with Crippen LogP contribution in [0.2, 0.25) is 0 Å². The summed E-state index contributed by atoms with van der Waals surface area (Å²) in [6, 6.07) is 5.84. The maximum Gasteiger partial charge on any atom is 0.191 e. The van der Waals surface area contributed by atoms with Crippen LogP contribution in [0.15, 0.2) is 29.5 Å². The number of aromatic nitrogens is 3. The number of guanidine groups is 1. The molecule has 8 heteroatoms. The summed E-state index contributed by atoms with van der Waals surface area (Å²) < 4.78 is 12.6. The topological polar surface area (TPSA) is 85.6 Å². The van der Waals surface area contributed by atoms with Gasteiger partial charge in [-0.15, -0.1) is 0 Å². The third-order valence-corrected chi connectivity index (χ3v) is 3.51. The van der Waals surface area contributed by atoms with Crippen LogP contribution in [0.1, 0.15) is 25.2 Å².